The van der Waals surface area contributed by atoms with E-state index in [0.29, 0.717) is 12.3 Å². The van der Waals surface area contributed by atoms with E-state index in [-0.39, 0.29) is 5.69 Å². The van der Waals surface area contributed by atoms with Crippen molar-refractivity contribution in [2.75, 3.05) is 19.7 Å². The zero-order valence-corrected chi connectivity index (χ0v) is 14.7. The fourth-order valence-corrected chi connectivity index (χ4v) is 2.75. The molecule has 2 rings (SSSR count). The van der Waals surface area contributed by atoms with Gasteiger partial charge in [0.05, 0.1) is 6.61 Å². The molecular weight excluding hydrogens is 304 g/mol. The predicted octanol–water partition coefficient (Wildman–Crippen LogP) is 3.27. The van der Waals surface area contributed by atoms with E-state index in [0.717, 1.165) is 38.0 Å². The number of benzene rings is 1. The normalized spacial score (nSPS) is 11.0. The topological polar surface area (TPSA) is 71.1 Å². The molecule has 1 N–H and O–H groups in total. The second kappa shape index (κ2) is 9.17. The largest absolute Gasteiger partial charge is 0.461 e. The van der Waals surface area contributed by atoms with E-state index in [1.165, 1.54) is 5.56 Å². The fourth-order valence-electron chi connectivity index (χ4n) is 2.75. The molecule has 6 heteroatoms. The van der Waals surface area contributed by atoms with Gasteiger partial charge < -0.3 is 4.74 Å². The summed E-state index contributed by atoms with van der Waals surface area (Å²) in [5.74, 6) is -0.453. The second-order valence-corrected chi connectivity index (χ2v) is 5.72. The summed E-state index contributed by atoms with van der Waals surface area (Å²) in [6.45, 7) is 9.52. The van der Waals surface area contributed by atoms with Crippen LogP contribution in [0.2, 0.25) is 0 Å². The number of aromatic nitrogens is 3. The van der Waals surface area contributed by atoms with E-state index in [9.17, 15) is 4.79 Å². The highest BCUT2D eigenvalue weighted by atomic mass is 16.5. The summed E-state index contributed by atoms with van der Waals surface area (Å²) in [6, 6.07) is 8.10. The van der Waals surface area contributed by atoms with Gasteiger partial charge >= 0.3 is 5.97 Å². The van der Waals surface area contributed by atoms with Crippen molar-refractivity contribution in [1.29, 1.82) is 0 Å². The number of carbonyl (C=O) groups is 1. The van der Waals surface area contributed by atoms with Crippen LogP contribution in [0.5, 0.6) is 0 Å². The molecule has 6 nitrogen and oxygen atoms in total. The zero-order valence-electron chi connectivity index (χ0n) is 14.7. The quantitative estimate of drug-likeness (QED) is 0.715. The van der Waals surface area contributed by atoms with Crippen LogP contribution in [0, 0.1) is 0 Å². The number of H-pyrrole nitrogens is 1. The molecule has 0 aliphatic heterocycles. The number of hydrogen-bond acceptors (Lipinski definition) is 5. The molecule has 1 aromatic carbocycles. The fraction of sp³-hybridized carbons (Fsp3) is 0.500. The first-order chi connectivity index (χ1) is 11.7. The molecule has 1 heterocycles. The number of carbonyl (C=O) groups excluding carboxylic acids is 1. The first kappa shape index (κ1) is 18.1. The Morgan fingerprint density at radius 3 is 2.58 bits per heavy atom. The Kier molecular flexibility index (Phi) is 6.93. The molecule has 0 aliphatic carbocycles. The zero-order chi connectivity index (χ0) is 17.4. The predicted molar refractivity (Wildman–Crippen MR) is 93.6 cm³/mol. The molecule has 2 aromatic rings. The van der Waals surface area contributed by atoms with Crippen LogP contribution >= 0.6 is 0 Å². The van der Waals surface area contributed by atoms with Gasteiger partial charge in [0, 0.05) is 12.1 Å². The molecule has 0 saturated carbocycles. The molecule has 24 heavy (non-hydrogen) atoms. The molecule has 130 valence electrons. The third kappa shape index (κ3) is 4.64. The SMILES string of the molecule is CCCN(CCC)Cc1cccc(-c2n[nH]nc2C(=O)OCC)c1. The van der Waals surface area contributed by atoms with Gasteiger partial charge in [-0.1, -0.05) is 32.0 Å². The van der Waals surface area contributed by atoms with Gasteiger partial charge in [0.15, 0.2) is 5.69 Å². The maximum absolute atomic E-state index is 12.0. The average Bonchev–Trinajstić information content (AvgIpc) is 3.05. The summed E-state index contributed by atoms with van der Waals surface area (Å²) in [5, 5.41) is 10.6. The third-order valence-corrected chi connectivity index (χ3v) is 3.70. The standard InChI is InChI=1S/C18H26N4O2/c1-4-10-22(11-5-2)13-14-8-7-9-15(12-14)16-17(20-21-19-16)18(23)24-6-3/h7-9,12H,4-6,10-11,13H2,1-3H3,(H,19,20,21). The molecule has 0 radical (unpaired) electrons. The van der Waals surface area contributed by atoms with Crippen molar-refractivity contribution in [2.45, 2.75) is 40.2 Å². The maximum atomic E-state index is 12.0. The Bertz CT molecular complexity index is 648. The van der Waals surface area contributed by atoms with Gasteiger partial charge in [-0.15, -0.1) is 5.10 Å². The molecule has 0 atom stereocenters. The Hall–Kier alpha value is -2.21. The lowest BCUT2D eigenvalue weighted by Gasteiger charge is -2.21. The maximum Gasteiger partial charge on any atom is 0.361 e. The second-order valence-electron chi connectivity index (χ2n) is 5.72. The lowest BCUT2D eigenvalue weighted by atomic mass is 10.1. The highest BCUT2D eigenvalue weighted by molar-refractivity contribution is 5.93. The smallest absolute Gasteiger partial charge is 0.361 e. The van der Waals surface area contributed by atoms with Gasteiger partial charge in [-0.2, -0.15) is 10.3 Å². The van der Waals surface area contributed by atoms with Crippen LogP contribution < -0.4 is 0 Å². The molecule has 0 saturated heterocycles. The summed E-state index contributed by atoms with van der Waals surface area (Å²) in [7, 11) is 0. The Balaban J connectivity index is 2.21. The van der Waals surface area contributed by atoms with E-state index in [2.05, 4.69) is 46.3 Å². The number of aromatic amines is 1. The summed E-state index contributed by atoms with van der Waals surface area (Å²) >= 11 is 0. The molecule has 0 bridgehead atoms. The van der Waals surface area contributed by atoms with Gasteiger partial charge in [0.1, 0.15) is 5.69 Å². The lowest BCUT2D eigenvalue weighted by molar-refractivity contribution is 0.0520. The van der Waals surface area contributed by atoms with E-state index >= 15 is 0 Å². The summed E-state index contributed by atoms with van der Waals surface area (Å²) in [6.07, 6.45) is 2.27. The Labute approximate surface area is 143 Å². The van der Waals surface area contributed by atoms with E-state index < -0.39 is 5.97 Å². The van der Waals surface area contributed by atoms with Gasteiger partial charge in [-0.05, 0) is 44.5 Å². The van der Waals surface area contributed by atoms with Crippen molar-refractivity contribution in [3.63, 3.8) is 0 Å². The van der Waals surface area contributed by atoms with Crippen molar-refractivity contribution in [1.82, 2.24) is 20.3 Å². The molecule has 0 amide bonds. The number of ether oxygens (including phenoxy) is 1. The van der Waals surface area contributed by atoms with E-state index in [1.54, 1.807) is 6.92 Å². The van der Waals surface area contributed by atoms with Crippen LogP contribution in [0.4, 0.5) is 0 Å². The van der Waals surface area contributed by atoms with Crippen LogP contribution in [-0.2, 0) is 11.3 Å². The highest BCUT2D eigenvalue weighted by Crippen LogP contribution is 2.22. The van der Waals surface area contributed by atoms with Crippen LogP contribution in [0.3, 0.4) is 0 Å². The lowest BCUT2D eigenvalue weighted by Crippen LogP contribution is -2.24. The molecule has 0 fully saturated rings. The summed E-state index contributed by atoms with van der Waals surface area (Å²) in [4.78, 5) is 14.4. The molecule has 0 unspecified atom stereocenters. The first-order valence-corrected chi connectivity index (χ1v) is 8.59. The van der Waals surface area contributed by atoms with Crippen molar-refractivity contribution >= 4 is 5.97 Å². The van der Waals surface area contributed by atoms with Crippen LogP contribution in [0.15, 0.2) is 24.3 Å². The van der Waals surface area contributed by atoms with Crippen molar-refractivity contribution in [3.05, 3.63) is 35.5 Å². The van der Waals surface area contributed by atoms with E-state index in [4.69, 9.17) is 4.74 Å². The number of nitrogens with zero attached hydrogens (tertiary/aromatic N) is 3. The third-order valence-electron chi connectivity index (χ3n) is 3.70. The average molecular weight is 330 g/mol. The number of rotatable bonds is 9. The minimum Gasteiger partial charge on any atom is -0.461 e. The van der Waals surface area contributed by atoms with Crippen molar-refractivity contribution < 1.29 is 9.53 Å². The van der Waals surface area contributed by atoms with Gasteiger partial charge in [-0.25, -0.2) is 4.79 Å². The molecule has 0 spiro atoms. The minimum absolute atomic E-state index is 0.230. The Morgan fingerprint density at radius 2 is 1.92 bits per heavy atom. The summed E-state index contributed by atoms with van der Waals surface area (Å²) in [5.41, 5.74) is 2.84. The minimum atomic E-state index is -0.453. The van der Waals surface area contributed by atoms with Crippen molar-refractivity contribution in [2.24, 2.45) is 0 Å². The summed E-state index contributed by atoms with van der Waals surface area (Å²) < 4.78 is 5.04. The molecular formula is C18H26N4O2. The number of hydrogen-bond donors (Lipinski definition) is 1. The van der Waals surface area contributed by atoms with E-state index in [1.807, 2.05) is 12.1 Å². The monoisotopic (exact) mass is 330 g/mol. The van der Waals surface area contributed by atoms with Gasteiger partial charge in [0.25, 0.3) is 0 Å². The number of esters is 1. The van der Waals surface area contributed by atoms with Gasteiger partial charge in [0.2, 0.25) is 0 Å². The molecule has 1 aromatic heterocycles. The Morgan fingerprint density at radius 1 is 1.17 bits per heavy atom. The van der Waals surface area contributed by atoms with Crippen LogP contribution in [-0.4, -0.2) is 46.0 Å². The van der Waals surface area contributed by atoms with Crippen LogP contribution in [0.25, 0.3) is 11.3 Å². The number of nitrogens with one attached hydrogen (secondary N) is 1. The van der Waals surface area contributed by atoms with Gasteiger partial charge in [-0.3, -0.25) is 4.90 Å². The van der Waals surface area contributed by atoms with Crippen LogP contribution in [0.1, 0.15) is 49.7 Å². The highest BCUT2D eigenvalue weighted by Gasteiger charge is 2.19. The first-order valence-electron chi connectivity index (χ1n) is 8.59. The van der Waals surface area contributed by atoms with Crippen molar-refractivity contribution in [3.8, 4) is 11.3 Å². The molecule has 0 aliphatic rings.